The molecular weight excluding hydrogens is 422 g/mol. The second kappa shape index (κ2) is 9.15. The third-order valence-electron chi connectivity index (χ3n) is 5.53. The average Bonchev–Trinajstić information content (AvgIpc) is 3.50. The van der Waals surface area contributed by atoms with E-state index in [-0.39, 0.29) is 12.5 Å². The second-order valence-corrected chi connectivity index (χ2v) is 7.74. The normalized spacial score (nSPS) is 12.8. The van der Waals surface area contributed by atoms with Crippen LogP contribution in [-0.4, -0.2) is 33.4 Å². The molecule has 2 N–H and O–H groups in total. The van der Waals surface area contributed by atoms with Gasteiger partial charge in [-0.25, -0.2) is 0 Å². The van der Waals surface area contributed by atoms with Gasteiger partial charge < -0.3 is 19.2 Å². The molecular formula is C24H23N5O4. The Morgan fingerprint density at radius 2 is 1.94 bits per heavy atom. The SMILES string of the molecule is COc1ccc(-c2nnc(COc3cccc(NC(=O)c4n[nH]c5c4CCCC5)c3)o2)cc1. The number of nitrogens with one attached hydrogen (secondary N) is 2. The molecule has 4 aromatic rings. The Bertz CT molecular complexity index is 1260. The molecule has 0 atom stereocenters. The lowest BCUT2D eigenvalue weighted by Gasteiger charge is -2.11. The molecule has 2 aromatic heterocycles. The molecule has 5 rings (SSSR count). The van der Waals surface area contributed by atoms with Crippen molar-refractivity contribution in [1.29, 1.82) is 0 Å². The van der Waals surface area contributed by atoms with Gasteiger partial charge in [0.15, 0.2) is 12.3 Å². The zero-order valence-corrected chi connectivity index (χ0v) is 18.1. The zero-order valence-electron chi connectivity index (χ0n) is 18.1. The van der Waals surface area contributed by atoms with E-state index in [4.69, 9.17) is 13.9 Å². The lowest BCUT2D eigenvalue weighted by atomic mass is 9.96. The smallest absolute Gasteiger partial charge is 0.276 e. The van der Waals surface area contributed by atoms with Crippen LogP contribution < -0.4 is 14.8 Å². The molecule has 2 aromatic carbocycles. The first-order valence-electron chi connectivity index (χ1n) is 10.8. The summed E-state index contributed by atoms with van der Waals surface area (Å²) in [7, 11) is 1.61. The third-order valence-corrected chi connectivity index (χ3v) is 5.53. The van der Waals surface area contributed by atoms with Crippen LogP contribution in [0.1, 0.15) is 40.5 Å². The maximum Gasteiger partial charge on any atom is 0.276 e. The number of aryl methyl sites for hydroxylation is 1. The predicted octanol–water partition coefficient (Wildman–Crippen LogP) is 4.18. The van der Waals surface area contributed by atoms with Gasteiger partial charge in [0.05, 0.1) is 7.11 Å². The number of hydrogen-bond acceptors (Lipinski definition) is 7. The number of nitrogens with zero attached hydrogens (tertiary/aromatic N) is 3. The van der Waals surface area contributed by atoms with Gasteiger partial charge in [0, 0.05) is 28.6 Å². The molecule has 0 bridgehead atoms. The molecule has 0 saturated heterocycles. The largest absolute Gasteiger partial charge is 0.497 e. The monoisotopic (exact) mass is 445 g/mol. The first-order valence-corrected chi connectivity index (χ1v) is 10.8. The van der Waals surface area contributed by atoms with E-state index >= 15 is 0 Å². The van der Waals surface area contributed by atoms with Crippen LogP contribution in [-0.2, 0) is 19.4 Å². The van der Waals surface area contributed by atoms with E-state index in [1.807, 2.05) is 30.3 Å². The Kier molecular flexibility index (Phi) is 5.75. The van der Waals surface area contributed by atoms with E-state index in [0.29, 0.717) is 28.9 Å². The van der Waals surface area contributed by atoms with Crippen LogP contribution in [0.15, 0.2) is 52.9 Å². The quantitative estimate of drug-likeness (QED) is 0.438. The highest BCUT2D eigenvalue weighted by atomic mass is 16.5. The van der Waals surface area contributed by atoms with Crippen molar-refractivity contribution in [3.63, 3.8) is 0 Å². The topological polar surface area (TPSA) is 115 Å². The number of carbonyl (C=O) groups excluding carboxylic acids is 1. The van der Waals surface area contributed by atoms with E-state index in [0.717, 1.165) is 48.3 Å². The minimum Gasteiger partial charge on any atom is -0.497 e. The van der Waals surface area contributed by atoms with Gasteiger partial charge in [-0.3, -0.25) is 9.89 Å². The molecule has 0 radical (unpaired) electrons. The number of methoxy groups -OCH3 is 1. The summed E-state index contributed by atoms with van der Waals surface area (Å²) in [5.74, 6) is 1.84. The lowest BCUT2D eigenvalue weighted by molar-refractivity contribution is 0.102. The molecule has 1 aliphatic rings. The van der Waals surface area contributed by atoms with Gasteiger partial charge in [-0.2, -0.15) is 5.10 Å². The molecule has 1 aliphatic carbocycles. The third kappa shape index (κ3) is 4.57. The molecule has 9 heteroatoms. The minimum absolute atomic E-state index is 0.105. The summed E-state index contributed by atoms with van der Waals surface area (Å²) in [6.45, 7) is 0.105. The summed E-state index contributed by atoms with van der Waals surface area (Å²) < 4.78 is 16.6. The molecule has 0 unspecified atom stereocenters. The fourth-order valence-corrected chi connectivity index (χ4v) is 3.83. The van der Waals surface area contributed by atoms with Crippen LogP contribution in [0.4, 0.5) is 5.69 Å². The van der Waals surface area contributed by atoms with Gasteiger partial charge in [0.25, 0.3) is 11.8 Å². The summed E-state index contributed by atoms with van der Waals surface area (Å²) >= 11 is 0. The molecule has 2 heterocycles. The average molecular weight is 445 g/mol. The number of fused-ring (bicyclic) bond motifs is 1. The van der Waals surface area contributed by atoms with Gasteiger partial charge in [0.2, 0.25) is 5.89 Å². The van der Waals surface area contributed by atoms with Crippen molar-refractivity contribution in [3.05, 3.63) is 71.4 Å². The Labute approximate surface area is 190 Å². The maximum atomic E-state index is 12.7. The van der Waals surface area contributed by atoms with E-state index in [1.165, 1.54) is 0 Å². The van der Waals surface area contributed by atoms with Crippen LogP contribution in [0.3, 0.4) is 0 Å². The van der Waals surface area contributed by atoms with Crippen molar-refractivity contribution in [2.24, 2.45) is 0 Å². The number of H-pyrrole nitrogens is 1. The number of ether oxygens (including phenoxy) is 2. The Hall–Kier alpha value is -4.14. The number of amides is 1. The molecule has 0 fully saturated rings. The fourth-order valence-electron chi connectivity index (χ4n) is 3.83. The minimum atomic E-state index is -0.229. The molecule has 1 amide bonds. The van der Waals surface area contributed by atoms with E-state index in [2.05, 4.69) is 25.7 Å². The van der Waals surface area contributed by atoms with Gasteiger partial charge in [-0.15, -0.1) is 10.2 Å². The molecule has 0 aliphatic heterocycles. The lowest BCUT2D eigenvalue weighted by Crippen LogP contribution is -2.15. The van der Waals surface area contributed by atoms with Crippen LogP contribution in [0.25, 0.3) is 11.5 Å². The highest BCUT2D eigenvalue weighted by molar-refractivity contribution is 6.04. The van der Waals surface area contributed by atoms with Crippen LogP contribution >= 0.6 is 0 Å². The number of hydrogen-bond donors (Lipinski definition) is 2. The maximum absolute atomic E-state index is 12.7. The predicted molar refractivity (Wildman–Crippen MR) is 120 cm³/mol. The van der Waals surface area contributed by atoms with Gasteiger partial charge in [0.1, 0.15) is 11.5 Å². The molecule has 0 saturated carbocycles. The Morgan fingerprint density at radius 3 is 2.79 bits per heavy atom. The van der Waals surface area contributed by atoms with Gasteiger partial charge in [-0.1, -0.05) is 6.07 Å². The Morgan fingerprint density at radius 1 is 1.09 bits per heavy atom. The molecule has 0 spiro atoms. The summed E-state index contributed by atoms with van der Waals surface area (Å²) in [6.07, 6.45) is 4.01. The number of rotatable bonds is 7. The van der Waals surface area contributed by atoms with E-state index in [1.54, 1.807) is 25.3 Å². The molecule has 9 nitrogen and oxygen atoms in total. The van der Waals surface area contributed by atoms with Crippen LogP contribution in [0.2, 0.25) is 0 Å². The highest BCUT2D eigenvalue weighted by Crippen LogP contribution is 2.25. The van der Waals surface area contributed by atoms with Crippen molar-refractivity contribution in [2.75, 3.05) is 12.4 Å². The molecule has 33 heavy (non-hydrogen) atoms. The number of anilines is 1. The summed E-state index contributed by atoms with van der Waals surface area (Å²) in [5, 5.41) is 18.2. The zero-order chi connectivity index (χ0) is 22.6. The van der Waals surface area contributed by atoms with Crippen molar-refractivity contribution in [1.82, 2.24) is 20.4 Å². The number of aromatic amines is 1. The van der Waals surface area contributed by atoms with E-state index < -0.39 is 0 Å². The van der Waals surface area contributed by atoms with Gasteiger partial charge >= 0.3 is 0 Å². The Balaban J connectivity index is 1.21. The highest BCUT2D eigenvalue weighted by Gasteiger charge is 2.21. The van der Waals surface area contributed by atoms with Crippen LogP contribution in [0, 0.1) is 0 Å². The summed E-state index contributed by atoms with van der Waals surface area (Å²) in [5.41, 5.74) is 3.97. The van der Waals surface area contributed by atoms with Crippen molar-refractivity contribution < 1.29 is 18.7 Å². The molecule has 168 valence electrons. The summed E-state index contributed by atoms with van der Waals surface area (Å²) in [6, 6.07) is 14.5. The second-order valence-electron chi connectivity index (χ2n) is 7.74. The van der Waals surface area contributed by atoms with Crippen LogP contribution in [0.5, 0.6) is 11.5 Å². The standard InChI is InChI=1S/C24H23N5O4/c1-31-17-11-9-15(10-12-17)24-29-27-21(33-24)14-32-18-6-4-5-16(13-18)25-23(30)22-19-7-2-3-8-20(19)26-28-22/h4-6,9-13H,2-3,7-8,14H2,1H3,(H,25,30)(H,26,28). The van der Waals surface area contributed by atoms with Crippen molar-refractivity contribution >= 4 is 11.6 Å². The number of benzene rings is 2. The number of aromatic nitrogens is 4. The first-order chi connectivity index (χ1) is 16.2. The van der Waals surface area contributed by atoms with Crippen molar-refractivity contribution in [2.45, 2.75) is 32.3 Å². The van der Waals surface area contributed by atoms with E-state index in [9.17, 15) is 4.79 Å². The van der Waals surface area contributed by atoms with Gasteiger partial charge in [-0.05, 0) is 62.1 Å². The van der Waals surface area contributed by atoms with Crippen molar-refractivity contribution in [3.8, 4) is 23.0 Å². The summed E-state index contributed by atoms with van der Waals surface area (Å²) in [4.78, 5) is 12.7. The fraction of sp³-hybridized carbons (Fsp3) is 0.250. The first kappa shape index (κ1) is 20.7. The number of carbonyl (C=O) groups is 1.